The zero-order chi connectivity index (χ0) is 12.5. The van der Waals surface area contributed by atoms with Gasteiger partial charge in [0, 0.05) is 13.2 Å². The van der Waals surface area contributed by atoms with Crippen LogP contribution in [-0.4, -0.2) is 14.9 Å². The molecule has 0 bridgehead atoms. The van der Waals surface area contributed by atoms with Gasteiger partial charge >= 0.3 is 0 Å². The normalized spacial score (nSPS) is 18.4. The number of hydrogen-bond donors (Lipinski definition) is 2. The number of rotatable bonds is 2. The van der Waals surface area contributed by atoms with Crippen molar-refractivity contribution in [2.75, 3.05) is 5.32 Å². The van der Waals surface area contributed by atoms with E-state index >= 15 is 0 Å². The minimum atomic E-state index is 0.318. The van der Waals surface area contributed by atoms with Gasteiger partial charge in [0.25, 0.3) is 0 Å². The molecule has 0 saturated heterocycles. The summed E-state index contributed by atoms with van der Waals surface area (Å²) < 4.78 is 1.79. The molecular formula is C14H17N3O. The molecule has 1 aliphatic carbocycles. The number of aromatic hydroxyl groups is 1. The summed E-state index contributed by atoms with van der Waals surface area (Å²) in [5, 5.41) is 17.2. The average Bonchev–Trinajstić information content (AvgIpc) is 2.75. The molecule has 0 aliphatic heterocycles. The highest BCUT2D eigenvalue weighted by atomic mass is 16.3. The van der Waals surface area contributed by atoms with Crippen LogP contribution in [0.1, 0.15) is 30.0 Å². The van der Waals surface area contributed by atoms with Gasteiger partial charge in [0.2, 0.25) is 0 Å². The van der Waals surface area contributed by atoms with Gasteiger partial charge in [0.15, 0.2) is 0 Å². The van der Waals surface area contributed by atoms with Crippen LogP contribution in [0.25, 0.3) is 0 Å². The summed E-state index contributed by atoms with van der Waals surface area (Å²) in [6, 6.07) is 5.99. The van der Waals surface area contributed by atoms with Gasteiger partial charge in [-0.1, -0.05) is 6.07 Å². The first kappa shape index (κ1) is 11.1. The first-order valence-electron chi connectivity index (χ1n) is 6.29. The fourth-order valence-corrected chi connectivity index (χ4v) is 2.65. The van der Waals surface area contributed by atoms with Crippen molar-refractivity contribution in [3.8, 4) is 5.75 Å². The molecule has 0 saturated carbocycles. The molecule has 2 N–H and O–H groups in total. The number of anilines is 1. The summed E-state index contributed by atoms with van der Waals surface area (Å²) in [6.45, 7) is 0. The third-order valence-electron chi connectivity index (χ3n) is 3.49. The van der Waals surface area contributed by atoms with Gasteiger partial charge < -0.3 is 10.4 Å². The van der Waals surface area contributed by atoms with E-state index in [0.29, 0.717) is 11.8 Å². The summed E-state index contributed by atoms with van der Waals surface area (Å²) in [5.74, 6) is 0.357. The molecule has 0 fully saturated rings. The highest BCUT2D eigenvalue weighted by Gasteiger charge is 2.20. The van der Waals surface area contributed by atoms with Crippen LogP contribution in [0.3, 0.4) is 0 Å². The minimum absolute atomic E-state index is 0.318. The van der Waals surface area contributed by atoms with E-state index in [2.05, 4.69) is 10.4 Å². The first-order valence-corrected chi connectivity index (χ1v) is 6.29. The minimum Gasteiger partial charge on any atom is -0.508 e. The second-order valence-corrected chi connectivity index (χ2v) is 4.87. The molecule has 1 aliphatic rings. The molecule has 1 aromatic heterocycles. The van der Waals surface area contributed by atoms with Gasteiger partial charge in [-0.15, -0.1) is 0 Å². The Morgan fingerprint density at radius 1 is 1.44 bits per heavy atom. The summed E-state index contributed by atoms with van der Waals surface area (Å²) in [5.41, 5.74) is 3.59. The molecule has 4 nitrogen and oxygen atoms in total. The fraction of sp³-hybridized carbons (Fsp3) is 0.357. The smallest absolute Gasteiger partial charge is 0.115 e. The predicted molar refractivity (Wildman–Crippen MR) is 70.6 cm³/mol. The second-order valence-electron chi connectivity index (χ2n) is 4.87. The van der Waals surface area contributed by atoms with Crippen LogP contribution in [0.2, 0.25) is 0 Å². The quantitative estimate of drug-likeness (QED) is 0.852. The molecule has 94 valence electrons. The van der Waals surface area contributed by atoms with Gasteiger partial charge in [0.1, 0.15) is 5.75 Å². The first-order chi connectivity index (χ1) is 8.72. The van der Waals surface area contributed by atoms with E-state index in [4.69, 9.17) is 0 Å². The molecule has 0 spiro atoms. The number of phenolic OH excluding ortho intramolecular Hbond substituents is 1. The zero-order valence-corrected chi connectivity index (χ0v) is 10.4. The lowest BCUT2D eigenvalue weighted by Gasteiger charge is -2.26. The van der Waals surface area contributed by atoms with Crippen molar-refractivity contribution in [2.24, 2.45) is 7.05 Å². The van der Waals surface area contributed by atoms with Crippen LogP contribution in [0.4, 0.5) is 5.69 Å². The lowest BCUT2D eigenvalue weighted by atomic mass is 9.87. The topological polar surface area (TPSA) is 50.1 Å². The molecule has 1 aromatic carbocycles. The Hall–Kier alpha value is -1.97. The SMILES string of the molecule is Cn1cc(NC2CCCc3cc(O)ccc32)cn1. The number of nitrogens with one attached hydrogen (secondary N) is 1. The standard InChI is InChI=1S/C14H17N3O/c1-17-9-11(8-15-17)16-14-4-2-3-10-7-12(18)5-6-13(10)14/h5-9,14,16,18H,2-4H2,1H3. The molecule has 1 atom stereocenters. The van der Waals surface area contributed by atoms with Crippen LogP contribution in [0.15, 0.2) is 30.6 Å². The number of aromatic nitrogens is 2. The van der Waals surface area contributed by atoms with Crippen LogP contribution >= 0.6 is 0 Å². The lowest BCUT2D eigenvalue weighted by molar-refractivity contribution is 0.472. The largest absolute Gasteiger partial charge is 0.508 e. The second kappa shape index (κ2) is 4.37. The monoisotopic (exact) mass is 243 g/mol. The van der Waals surface area contributed by atoms with E-state index in [0.717, 1.165) is 24.9 Å². The van der Waals surface area contributed by atoms with Crippen molar-refractivity contribution in [3.63, 3.8) is 0 Å². The molecule has 3 rings (SSSR count). The number of benzene rings is 1. The predicted octanol–water partition coefficient (Wildman–Crippen LogP) is 2.62. The molecule has 18 heavy (non-hydrogen) atoms. The Bertz CT molecular complexity index is 562. The fourth-order valence-electron chi connectivity index (χ4n) is 2.65. The van der Waals surface area contributed by atoms with Crippen LogP contribution in [0.5, 0.6) is 5.75 Å². The van der Waals surface area contributed by atoms with Crippen LogP contribution < -0.4 is 5.32 Å². The van der Waals surface area contributed by atoms with E-state index in [1.165, 1.54) is 11.1 Å². The third kappa shape index (κ3) is 2.06. The van der Waals surface area contributed by atoms with E-state index in [1.807, 2.05) is 31.6 Å². The number of hydrogen-bond acceptors (Lipinski definition) is 3. The number of aryl methyl sites for hydroxylation is 2. The van der Waals surface area contributed by atoms with Crippen molar-refractivity contribution < 1.29 is 5.11 Å². The van der Waals surface area contributed by atoms with E-state index in [-0.39, 0.29) is 0 Å². The van der Waals surface area contributed by atoms with Crippen molar-refractivity contribution in [1.29, 1.82) is 0 Å². The van der Waals surface area contributed by atoms with Gasteiger partial charge in [0.05, 0.1) is 17.9 Å². The number of phenols is 1. The Kier molecular flexibility index (Phi) is 2.70. The molecule has 4 heteroatoms. The molecule has 1 unspecified atom stereocenters. The van der Waals surface area contributed by atoms with Gasteiger partial charge in [-0.2, -0.15) is 5.10 Å². The highest BCUT2D eigenvalue weighted by Crippen LogP contribution is 2.34. The van der Waals surface area contributed by atoms with Crippen molar-refractivity contribution >= 4 is 5.69 Å². The highest BCUT2D eigenvalue weighted by molar-refractivity contribution is 5.46. The Morgan fingerprint density at radius 3 is 3.11 bits per heavy atom. The van der Waals surface area contributed by atoms with Crippen LogP contribution in [0, 0.1) is 0 Å². The van der Waals surface area contributed by atoms with Gasteiger partial charge in [-0.3, -0.25) is 4.68 Å². The Morgan fingerprint density at radius 2 is 2.33 bits per heavy atom. The maximum atomic E-state index is 9.53. The molecule has 0 amide bonds. The van der Waals surface area contributed by atoms with E-state index in [9.17, 15) is 5.11 Å². The average molecular weight is 243 g/mol. The van der Waals surface area contributed by atoms with E-state index in [1.54, 1.807) is 10.7 Å². The number of fused-ring (bicyclic) bond motifs is 1. The molecule has 1 heterocycles. The third-order valence-corrected chi connectivity index (χ3v) is 3.49. The molecular weight excluding hydrogens is 226 g/mol. The van der Waals surface area contributed by atoms with Crippen LogP contribution in [-0.2, 0) is 13.5 Å². The maximum Gasteiger partial charge on any atom is 0.115 e. The zero-order valence-electron chi connectivity index (χ0n) is 10.4. The van der Waals surface area contributed by atoms with Gasteiger partial charge in [-0.25, -0.2) is 0 Å². The number of nitrogens with zero attached hydrogens (tertiary/aromatic N) is 2. The lowest BCUT2D eigenvalue weighted by Crippen LogP contribution is -2.17. The summed E-state index contributed by atoms with van der Waals surface area (Å²) in [4.78, 5) is 0. The molecule has 0 radical (unpaired) electrons. The summed E-state index contributed by atoms with van der Waals surface area (Å²) >= 11 is 0. The Labute approximate surface area is 106 Å². The van der Waals surface area contributed by atoms with Crippen molar-refractivity contribution in [3.05, 3.63) is 41.7 Å². The van der Waals surface area contributed by atoms with Crippen molar-refractivity contribution in [2.45, 2.75) is 25.3 Å². The summed E-state index contributed by atoms with van der Waals surface area (Å²) in [6.07, 6.45) is 7.14. The summed E-state index contributed by atoms with van der Waals surface area (Å²) in [7, 11) is 1.91. The van der Waals surface area contributed by atoms with Crippen molar-refractivity contribution in [1.82, 2.24) is 9.78 Å². The maximum absolute atomic E-state index is 9.53. The van der Waals surface area contributed by atoms with E-state index < -0.39 is 0 Å². The van der Waals surface area contributed by atoms with Gasteiger partial charge in [-0.05, 0) is 42.5 Å². The molecule has 2 aromatic rings. The Balaban J connectivity index is 1.87.